The van der Waals surface area contributed by atoms with Crippen LogP contribution in [0.25, 0.3) is 0 Å². The Morgan fingerprint density at radius 1 is 0.850 bits per heavy atom. The second-order valence-electron chi connectivity index (χ2n) is 4.17. The Kier molecular flexibility index (Phi) is 5.40. The molecule has 3 nitrogen and oxygen atoms in total. The first-order valence-corrected chi connectivity index (χ1v) is 7.98. The van der Waals surface area contributed by atoms with Crippen molar-refractivity contribution in [2.75, 3.05) is 13.2 Å². The van der Waals surface area contributed by atoms with Crippen LogP contribution in [0, 0.1) is 0 Å². The van der Waals surface area contributed by atoms with Crippen LogP contribution in [0.3, 0.4) is 0 Å². The first kappa shape index (κ1) is 14.8. The molecule has 0 unspecified atom stereocenters. The first-order valence-electron chi connectivity index (χ1n) is 6.69. The third kappa shape index (κ3) is 3.72. The van der Waals surface area contributed by atoms with E-state index >= 15 is 0 Å². The Hall–Kier alpha value is -1.57. The molecule has 0 fully saturated rings. The zero-order valence-electron chi connectivity index (χ0n) is 11.7. The van der Waals surface area contributed by atoms with Crippen molar-refractivity contribution >= 4 is 18.8 Å². The number of ether oxygens (including phenoxy) is 2. The molecule has 20 heavy (non-hydrogen) atoms. The van der Waals surface area contributed by atoms with Gasteiger partial charge in [-0.25, -0.2) is 0 Å². The topological polar surface area (TPSA) is 38.7 Å². The van der Waals surface area contributed by atoms with E-state index in [9.17, 15) is 4.89 Å². The van der Waals surface area contributed by atoms with E-state index in [-0.39, 0.29) is 0 Å². The molecule has 0 saturated carbocycles. The molecule has 0 atom stereocenters. The van der Waals surface area contributed by atoms with Gasteiger partial charge in [0.2, 0.25) is 0 Å². The highest BCUT2D eigenvalue weighted by Gasteiger charge is 2.12. The summed E-state index contributed by atoms with van der Waals surface area (Å²) < 4.78 is 10.9. The highest BCUT2D eigenvalue weighted by molar-refractivity contribution is 7.67. The Morgan fingerprint density at radius 3 is 1.70 bits per heavy atom. The van der Waals surface area contributed by atoms with Crippen LogP contribution in [-0.2, 0) is 0 Å². The van der Waals surface area contributed by atoms with Crippen molar-refractivity contribution < 1.29 is 14.4 Å². The number of hydrogen-bond donors (Lipinski definition) is 1. The van der Waals surface area contributed by atoms with Gasteiger partial charge in [-0.05, 0) is 38.1 Å². The van der Waals surface area contributed by atoms with Crippen LogP contribution in [0.5, 0.6) is 11.5 Å². The summed E-state index contributed by atoms with van der Waals surface area (Å²) in [5, 5.41) is 1.75. The molecule has 2 rings (SSSR count). The second-order valence-corrected chi connectivity index (χ2v) is 5.83. The minimum atomic E-state index is -1.38. The lowest BCUT2D eigenvalue weighted by atomic mass is 10.3. The number of rotatable bonds is 6. The van der Waals surface area contributed by atoms with Gasteiger partial charge < -0.3 is 14.4 Å². The molecule has 0 aliphatic rings. The maximum Gasteiger partial charge on any atom is 0.120 e. The van der Waals surface area contributed by atoms with Crippen LogP contribution in [-0.4, -0.2) is 18.1 Å². The smallest absolute Gasteiger partial charge is 0.120 e. The Bertz CT molecular complexity index is 507. The molecule has 0 saturated heterocycles. The Balaban J connectivity index is 2.23. The zero-order chi connectivity index (χ0) is 14.4. The van der Waals surface area contributed by atoms with Crippen molar-refractivity contribution in [2.45, 2.75) is 13.8 Å². The molecular weight excluding hydrogens is 271 g/mol. The average Bonchev–Trinajstić information content (AvgIpc) is 2.48. The molecule has 0 heterocycles. The van der Waals surface area contributed by atoms with E-state index < -0.39 is 8.15 Å². The molecule has 2 aromatic carbocycles. The summed E-state index contributed by atoms with van der Waals surface area (Å²) in [4.78, 5) is 10.5. The molecule has 2 aromatic rings. The molecule has 0 aliphatic heterocycles. The lowest BCUT2D eigenvalue weighted by molar-refractivity contribution is 0.340. The molecule has 106 valence electrons. The van der Waals surface area contributed by atoms with Crippen molar-refractivity contribution in [1.29, 1.82) is 0 Å². The predicted octanol–water partition coefficient (Wildman–Crippen LogP) is 2.82. The van der Waals surface area contributed by atoms with E-state index in [1.807, 2.05) is 62.4 Å². The summed E-state index contributed by atoms with van der Waals surface area (Å²) in [7, 11) is -1.38. The van der Waals surface area contributed by atoms with E-state index in [0.717, 1.165) is 22.1 Å². The van der Waals surface area contributed by atoms with Gasteiger partial charge in [-0.2, -0.15) is 0 Å². The lowest BCUT2D eigenvalue weighted by Crippen LogP contribution is -2.12. The number of hydrogen-bond acceptors (Lipinski definition) is 3. The van der Waals surface area contributed by atoms with E-state index in [1.54, 1.807) is 0 Å². The van der Waals surface area contributed by atoms with Crippen LogP contribution in [0.1, 0.15) is 13.8 Å². The molecule has 0 aliphatic carbocycles. The van der Waals surface area contributed by atoms with Crippen LogP contribution in [0.4, 0.5) is 0 Å². The highest BCUT2D eigenvalue weighted by Crippen LogP contribution is 2.30. The van der Waals surface area contributed by atoms with Crippen molar-refractivity contribution in [3.8, 4) is 11.5 Å². The van der Waals surface area contributed by atoms with Crippen LogP contribution >= 0.6 is 8.15 Å². The minimum absolute atomic E-state index is 0.618. The molecule has 4 heteroatoms. The van der Waals surface area contributed by atoms with Gasteiger partial charge in [0.25, 0.3) is 0 Å². The van der Waals surface area contributed by atoms with Crippen LogP contribution in [0.2, 0.25) is 0 Å². The molecule has 0 amide bonds. The van der Waals surface area contributed by atoms with Gasteiger partial charge >= 0.3 is 0 Å². The van der Waals surface area contributed by atoms with E-state index in [1.165, 1.54) is 0 Å². The van der Waals surface area contributed by atoms with Gasteiger partial charge in [0.15, 0.2) is 0 Å². The summed E-state index contributed by atoms with van der Waals surface area (Å²) in [5.41, 5.74) is 0. The zero-order valence-corrected chi connectivity index (χ0v) is 12.6. The molecule has 0 bridgehead atoms. The third-order valence-electron chi connectivity index (χ3n) is 2.75. The maximum absolute atomic E-state index is 10.5. The summed E-state index contributed by atoms with van der Waals surface area (Å²) in [5.74, 6) is 1.57. The summed E-state index contributed by atoms with van der Waals surface area (Å²) >= 11 is 0. The van der Waals surface area contributed by atoms with E-state index in [4.69, 9.17) is 9.47 Å². The Morgan fingerprint density at radius 2 is 1.30 bits per heavy atom. The SMILES string of the molecule is CCOc1cccc(P(O)c2cccc(OCC)c2)c1. The van der Waals surface area contributed by atoms with Gasteiger partial charge in [0.05, 0.1) is 21.4 Å². The van der Waals surface area contributed by atoms with Gasteiger partial charge in [0, 0.05) is 10.6 Å². The fourth-order valence-electron chi connectivity index (χ4n) is 1.89. The largest absolute Gasteiger partial charge is 0.494 e. The predicted molar refractivity (Wildman–Crippen MR) is 83.6 cm³/mol. The normalized spacial score (nSPS) is 10.6. The van der Waals surface area contributed by atoms with Crippen molar-refractivity contribution in [1.82, 2.24) is 0 Å². The Labute approximate surface area is 121 Å². The molecule has 0 aromatic heterocycles. The summed E-state index contributed by atoms with van der Waals surface area (Å²) in [6.07, 6.45) is 0. The van der Waals surface area contributed by atoms with Gasteiger partial charge in [0.1, 0.15) is 11.5 Å². The average molecular weight is 290 g/mol. The molecule has 0 spiro atoms. The van der Waals surface area contributed by atoms with Crippen LogP contribution < -0.4 is 20.1 Å². The standard InChI is InChI=1S/C16H19O3P/c1-3-18-13-7-5-9-15(11-13)20(17)16-10-6-8-14(12-16)19-4-2/h5-12,17H,3-4H2,1-2H3. The van der Waals surface area contributed by atoms with E-state index in [2.05, 4.69) is 0 Å². The van der Waals surface area contributed by atoms with Crippen molar-refractivity contribution in [3.05, 3.63) is 48.5 Å². The fourth-order valence-corrected chi connectivity index (χ4v) is 3.14. The molecular formula is C16H19O3P. The molecule has 0 radical (unpaired) electrons. The summed E-state index contributed by atoms with van der Waals surface area (Å²) in [6, 6.07) is 15.2. The van der Waals surface area contributed by atoms with E-state index in [0.29, 0.717) is 13.2 Å². The third-order valence-corrected chi connectivity index (χ3v) is 4.28. The minimum Gasteiger partial charge on any atom is -0.494 e. The molecule has 1 N–H and O–H groups in total. The fraction of sp³-hybridized carbons (Fsp3) is 0.250. The monoisotopic (exact) mass is 290 g/mol. The van der Waals surface area contributed by atoms with Crippen molar-refractivity contribution in [3.63, 3.8) is 0 Å². The van der Waals surface area contributed by atoms with Gasteiger partial charge in [-0.15, -0.1) is 0 Å². The number of benzene rings is 2. The quantitative estimate of drug-likeness (QED) is 0.831. The van der Waals surface area contributed by atoms with Gasteiger partial charge in [-0.3, -0.25) is 0 Å². The lowest BCUT2D eigenvalue weighted by Gasteiger charge is -2.13. The first-order chi connectivity index (χ1) is 9.74. The summed E-state index contributed by atoms with van der Waals surface area (Å²) in [6.45, 7) is 5.12. The maximum atomic E-state index is 10.5. The second kappa shape index (κ2) is 7.28. The highest BCUT2D eigenvalue weighted by atomic mass is 31.1. The van der Waals surface area contributed by atoms with Crippen molar-refractivity contribution in [2.24, 2.45) is 0 Å². The van der Waals surface area contributed by atoms with Gasteiger partial charge in [-0.1, -0.05) is 24.3 Å². The van der Waals surface area contributed by atoms with Crippen LogP contribution in [0.15, 0.2) is 48.5 Å².